The highest BCUT2D eigenvalue weighted by Gasteiger charge is 2.15. The van der Waals surface area contributed by atoms with Gasteiger partial charge in [-0.05, 0) is 66.8 Å². The molecule has 0 bridgehead atoms. The fourth-order valence-electron chi connectivity index (χ4n) is 4.49. The number of nitrogens with zero attached hydrogens (tertiary/aromatic N) is 1. The Morgan fingerprint density at radius 3 is 2.46 bits per heavy atom. The fourth-order valence-corrected chi connectivity index (χ4v) is 5.13. The van der Waals surface area contributed by atoms with Crippen LogP contribution in [0.1, 0.15) is 64.1 Å². The third-order valence-electron chi connectivity index (χ3n) is 6.43. The van der Waals surface area contributed by atoms with Gasteiger partial charge >= 0.3 is 0 Å². The Morgan fingerprint density at radius 1 is 0.943 bits per heavy atom. The number of thiophene rings is 1. The summed E-state index contributed by atoms with van der Waals surface area (Å²) >= 11 is 1.60. The van der Waals surface area contributed by atoms with Crippen molar-refractivity contribution in [2.75, 3.05) is 10.6 Å². The van der Waals surface area contributed by atoms with Crippen molar-refractivity contribution in [2.24, 2.45) is 0 Å². The van der Waals surface area contributed by atoms with Crippen molar-refractivity contribution >= 4 is 45.6 Å². The molecular weight excluding hydrogens is 458 g/mol. The minimum Gasteiger partial charge on any atom is -0.382 e. The summed E-state index contributed by atoms with van der Waals surface area (Å²) in [5, 5.41) is 19.3. The molecular formula is C27H29N5O2S. The first kappa shape index (κ1) is 23.1. The van der Waals surface area contributed by atoms with Crippen LogP contribution in [-0.2, 0) is 6.54 Å². The first-order chi connectivity index (χ1) is 17.2. The first-order valence-electron chi connectivity index (χ1n) is 12.1. The van der Waals surface area contributed by atoms with Crippen LogP contribution in [0.3, 0.4) is 0 Å². The predicted octanol–water partition coefficient (Wildman–Crippen LogP) is 5.94. The number of nitrogens with one attached hydrogen (secondary N) is 4. The highest BCUT2D eigenvalue weighted by Crippen LogP contribution is 2.24. The Kier molecular flexibility index (Phi) is 7.09. The fraction of sp³-hybridized carbons (Fsp3) is 0.296. The van der Waals surface area contributed by atoms with Gasteiger partial charge in [-0.2, -0.15) is 5.10 Å². The van der Waals surface area contributed by atoms with E-state index in [-0.39, 0.29) is 11.8 Å². The monoisotopic (exact) mass is 487 g/mol. The highest BCUT2D eigenvalue weighted by molar-refractivity contribution is 7.09. The van der Waals surface area contributed by atoms with E-state index >= 15 is 0 Å². The van der Waals surface area contributed by atoms with Gasteiger partial charge in [0.1, 0.15) is 0 Å². The summed E-state index contributed by atoms with van der Waals surface area (Å²) in [7, 11) is 0. The number of hydrogen-bond donors (Lipinski definition) is 4. The molecule has 5 rings (SSSR count). The van der Waals surface area contributed by atoms with E-state index in [1.807, 2.05) is 41.8 Å². The van der Waals surface area contributed by atoms with Gasteiger partial charge in [-0.15, -0.1) is 11.3 Å². The van der Waals surface area contributed by atoms with Gasteiger partial charge in [0.05, 0.1) is 12.1 Å². The van der Waals surface area contributed by atoms with Gasteiger partial charge < -0.3 is 16.0 Å². The van der Waals surface area contributed by atoms with Crippen molar-refractivity contribution in [3.05, 3.63) is 76.0 Å². The lowest BCUT2D eigenvalue weighted by atomic mass is 10.1. The second-order valence-electron chi connectivity index (χ2n) is 8.96. The topological polar surface area (TPSA) is 98.9 Å². The van der Waals surface area contributed by atoms with E-state index in [9.17, 15) is 9.59 Å². The SMILES string of the molecule is O=C(NCc1cccs1)c1ccc2[nH]nc(NC(=O)c3ccc(NC4CCCCCC4)cc3)c2c1. The van der Waals surface area contributed by atoms with Crippen molar-refractivity contribution in [3.63, 3.8) is 0 Å². The molecule has 0 aliphatic heterocycles. The number of carbonyl (C=O) groups is 2. The molecule has 1 saturated carbocycles. The third kappa shape index (κ3) is 5.71. The number of carbonyl (C=O) groups excluding carboxylic acids is 2. The van der Waals surface area contributed by atoms with E-state index in [1.54, 1.807) is 29.5 Å². The molecule has 0 radical (unpaired) electrons. The Labute approximate surface area is 208 Å². The summed E-state index contributed by atoms with van der Waals surface area (Å²) in [6, 6.07) is 17.3. The zero-order chi connectivity index (χ0) is 24.0. The molecule has 0 atom stereocenters. The van der Waals surface area contributed by atoms with Crippen molar-refractivity contribution in [2.45, 2.75) is 51.1 Å². The van der Waals surface area contributed by atoms with Gasteiger partial charge in [-0.25, -0.2) is 0 Å². The number of aromatic amines is 1. The summed E-state index contributed by atoms with van der Waals surface area (Å²) in [4.78, 5) is 26.6. The maximum Gasteiger partial charge on any atom is 0.256 e. The normalized spacial score (nSPS) is 14.4. The minimum absolute atomic E-state index is 0.171. The van der Waals surface area contributed by atoms with Crippen LogP contribution >= 0.6 is 11.3 Å². The van der Waals surface area contributed by atoms with Crippen LogP contribution in [0.25, 0.3) is 10.9 Å². The highest BCUT2D eigenvalue weighted by atomic mass is 32.1. The number of anilines is 2. The third-order valence-corrected chi connectivity index (χ3v) is 7.31. The number of fused-ring (bicyclic) bond motifs is 1. The molecule has 2 amide bonds. The minimum atomic E-state index is -0.244. The number of amides is 2. The summed E-state index contributed by atoms with van der Waals surface area (Å²) in [5.41, 5.74) is 2.85. The number of rotatable bonds is 7. The van der Waals surface area contributed by atoms with Crippen molar-refractivity contribution in [1.82, 2.24) is 15.5 Å². The average Bonchev–Trinajstić information content (AvgIpc) is 3.47. The number of H-pyrrole nitrogens is 1. The summed E-state index contributed by atoms with van der Waals surface area (Å²) in [5.74, 6) is -0.0129. The molecule has 2 aromatic heterocycles. The second-order valence-corrected chi connectivity index (χ2v) is 9.99. The largest absolute Gasteiger partial charge is 0.382 e. The zero-order valence-electron chi connectivity index (χ0n) is 19.5. The maximum atomic E-state index is 12.9. The predicted molar refractivity (Wildman–Crippen MR) is 141 cm³/mol. The molecule has 180 valence electrons. The molecule has 2 aromatic carbocycles. The van der Waals surface area contributed by atoms with Crippen molar-refractivity contribution in [1.29, 1.82) is 0 Å². The van der Waals surface area contributed by atoms with Crippen LogP contribution < -0.4 is 16.0 Å². The van der Waals surface area contributed by atoms with Gasteiger partial charge in [0.2, 0.25) is 0 Å². The van der Waals surface area contributed by atoms with E-state index in [0.29, 0.717) is 34.9 Å². The molecule has 4 N–H and O–H groups in total. The molecule has 1 aliphatic carbocycles. The van der Waals surface area contributed by atoms with Gasteiger partial charge in [-0.1, -0.05) is 31.7 Å². The van der Waals surface area contributed by atoms with E-state index in [0.717, 1.165) is 16.1 Å². The summed E-state index contributed by atoms with van der Waals surface area (Å²) < 4.78 is 0. The van der Waals surface area contributed by atoms with Crippen LogP contribution in [-0.4, -0.2) is 28.1 Å². The van der Waals surface area contributed by atoms with Gasteiger partial charge in [-0.3, -0.25) is 14.7 Å². The second kappa shape index (κ2) is 10.7. The van der Waals surface area contributed by atoms with E-state index in [1.165, 1.54) is 38.5 Å². The smallest absolute Gasteiger partial charge is 0.256 e. The average molecular weight is 488 g/mol. The van der Waals surface area contributed by atoms with E-state index < -0.39 is 0 Å². The first-order valence-corrected chi connectivity index (χ1v) is 13.0. The molecule has 2 heterocycles. The van der Waals surface area contributed by atoms with E-state index in [2.05, 4.69) is 26.1 Å². The lowest BCUT2D eigenvalue weighted by molar-refractivity contribution is 0.0950. The summed E-state index contributed by atoms with van der Waals surface area (Å²) in [6.07, 6.45) is 7.58. The standard InChI is InChI=1S/C27H29N5O2S/c33-26(28-17-22-8-5-15-35-22)19-11-14-24-23(16-19)25(32-31-24)30-27(34)18-9-12-21(13-10-18)29-20-6-3-1-2-4-7-20/h5,8-16,20,29H,1-4,6-7,17H2,(H,28,33)(H2,30,31,32,34). The number of hydrogen-bond acceptors (Lipinski definition) is 5. The van der Waals surface area contributed by atoms with Gasteiger partial charge in [0.15, 0.2) is 5.82 Å². The van der Waals surface area contributed by atoms with Crippen molar-refractivity contribution in [3.8, 4) is 0 Å². The number of benzene rings is 2. The Balaban J connectivity index is 1.24. The molecule has 0 unspecified atom stereocenters. The molecule has 7 nitrogen and oxygen atoms in total. The van der Waals surface area contributed by atoms with Crippen molar-refractivity contribution < 1.29 is 9.59 Å². The maximum absolute atomic E-state index is 12.9. The van der Waals surface area contributed by atoms with Crippen LogP contribution in [0.4, 0.5) is 11.5 Å². The molecule has 35 heavy (non-hydrogen) atoms. The molecule has 1 fully saturated rings. The molecule has 8 heteroatoms. The number of aromatic nitrogens is 2. The Hall–Kier alpha value is -3.65. The lowest BCUT2D eigenvalue weighted by Crippen LogP contribution is -2.22. The van der Waals surface area contributed by atoms with Crippen LogP contribution in [0.2, 0.25) is 0 Å². The Bertz CT molecular complexity index is 1290. The molecule has 1 aliphatic rings. The van der Waals surface area contributed by atoms with Crippen LogP contribution in [0.15, 0.2) is 60.0 Å². The quantitative estimate of drug-likeness (QED) is 0.242. The van der Waals surface area contributed by atoms with Crippen LogP contribution in [0.5, 0.6) is 0 Å². The Morgan fingerprint density at radius 2 is 1.71 bits per heavy atom. The van der Waals surface area contributed by atoms with Gasteiger partial charge in [0.25, 0.3) is 11.8 Å². The molecule has 4 aromatic rings. The molecule has 0 spiro atoms. The van der Waals surface area contributed by atoms with Crippen LogP contribution in [0, 0.1) is 0 Å². The van der Waals surface area contributed by atoms with E-state index in [4.69, 9.17) is 0 Å². The lowest BCUT2D eigenvalue weighted by Gasteiger charge is -2.17. The summed E-state index contributed by atoms with van der Waals surface area (Å²) in [6.45, 7) is 0.481. The molecule has 0 saturated heterocycles. The zero-order valence-corrected chi connectivity index (χ0v) is 20.3. The van der Waals surface area contributed by atoms with Gasteiger partial charge in [0, 0.05) is 33.1 Å².